The summed E-state index contributed by atoms with van der Waals surface area (Å²) in [4.78, 5) is 24.2. The number of carbonyl (C=O) groups excluding carboxylic acids is 1. The summed E-state index contributed by atoms with van der Waals surface area (Å²) in [5, 5.41) is 0. The van der Waals surface area contributed by atoms with Gasteiger partial charge in [-0.05, 0) is 36.5 Å². The van der Waals surface area contributed by atoms with E-state index in [0.717, 1.165) is 55.1 Å². The van der Waals surface area contributed by atoms with Gasteiger partial charge in [0.25, 0.3) is 0 Å². The maximum absolute atomic E-state index is 13.9. The molecule has 6 rings (SSSR count). The van der Waals surface area contributed by atoms with Crippen LogP contribution in [0.5, 0.6) is 0 Å². The van der Waals surface area contributed by atoms with Crippen LogP contribution in [0.3, 0.4) is 0 Å². The molecule has 1 fully saturated rings. The summed E-state index contributed by atoms with van der Waals surface area (Å²) in [7, 11) is 0. The van der Waals surface area contributed by atoms with Crippen LogP contribution in [0.2, 0.25) is 0 Å². The molecule has 0 bridgehead atoms. The Hall–Kier alpha value is -4.00. The number of aryl methyl sites for hydroxylation is 1. The molecule has 0 N–H and O–H groups in total. The lowest BCUT2D eigenvalue weighted by Gasteiger charge is -2.32. The highest BCUT2D eigenvalue weighted by atomic mass is 16.5. The van der Waals surface area contributed by atoms with E-state index in [0.29, 0.717) is 38.3 Å². The molecule has 0 aliphatic carbocycles. The standard InChI is InChI=1S/C36H39N3O3/c1-2-42-36(40)33-30-26-39(25-29-16-10-5-11-17-29)32(19-18-27-12-6-3-7-13-27)34(30)37-31(24-28-14-8-4-9-15-28)35(33)38-20-22-41-23-21-38/h3-17,32H,2,18-26H2,1H3. The van der Waals surface area contributed by atoms with Crippen LogP contribution in [-0.2, 0) is 35.4 Å². The second-order valence-electron chi connectivity index (χ2n) is 11.1. The van der Waals surface area contributed by atoms with Crippen molar-refractivity contribution < 1.29 is 14.3 Å². The van der Waals surface area contributed by atoms with Gasteiger partial charge in [0.05, 0.1) is 48.5 Å². The van der Waals surface area contributed by atoms with Crippen molar-refractivity contribution in [2.24, 2.45) is 0 Å². The number of hydrogen-bond acceptors (Lipinski definition) is 6. The van der Waals surface area contributed by atoms with Crippen LogP contribution in [0.4, 0.5) is 5.69 Å². The normalized spacial score (nSPS) is 16.8. The van der Waals surface area contributed by atoms with Crippen molar-refractivity contribution in [3.63, 3.8) is 0 Å². The number of anilines is 1. The predicted octanol–water partition coefficient (Wildman–Crippen LogP) is 6.38. The first-order chi connectivity index (χ1) is 20.7. The van der Waals surface area contributed by atoms with Crippen LogP contribution in [0.15, 0.2) is 91.0 Å². The zero-order chi connectivity index (χ0) is 28.7. The molecule has 3 aromatic carbocycles. The Morgan fingerprint density at radius 1 is 0.881 bits per heavy atom. The quantitative estimate of drug-likeness (QED) is 0.210. The molecule has 6 heteroatoms. The lowest BCUT2D eigenvalue weighted by Crippen LogP contribution is -2.38. The molecule has 0 saturated carbocycles. The molecule has 1 saturated heterocycles. The molecule has 216 valence electrons. The topological polar surface area (TPSA) is 54.9 Å². The van der Waals surface area contributed by atoms with Gasteiger partial charge in [0.1, 0.15) is 0 Å². The van der Waals surface area contributed by atoms with Gasteiger partial charge in [0.15, 0.2) is 0 Å². The minimum absolute atomic E-state index is 0.0850. The van der Waals surface area contributed by atoms with Crippen LogP contribution in [0.25, 0.3) is 0 Å². The summed E-state index contributed by atoms with van der Waals surface area (Å²) in [6, 6.07) is 31.8. The second kappa shape index (κ2) is 13.3. The van der Waals surface area contributed by atoms with Gasteiger partial charge in [0, 0.05) is 38.2 Å². The summed E-state index contributed by atoms with van der Waals surface area (Å²) >= 11 is 0. The fraction of sp³-hybridized carbons (Fsp3) is 0.333. The number of pyridine rings is 1. The van der Waals surface area contributed by atoms with E-state index in [1.54, 1.807) is 0 Å². The van der Waals surface area contributed by atoms with Crippen molar-refractivity contribution in [2.45, 2.75) is 45.3 Å². The van der Waals surface area contributed by atoms with Gasteiger partial charge in [0.2, 0.25) is 0 Å². The average molecular weight is 562 g/mol. The van der Waals surface area contributed by atoms with E-state index >= 15 is 0 Å². The van der Waals surface area contributed by atoms with Crippen LogP contribution in [0, 0.1) is 0 Å². The molecular formula is C36H39N3O3. The SMILES string of the molecule is CCOC(=O)c1c2c(nc(Cc3ccccc3)c1N1CCOCC1)C(CCc1ccccc1)N(Cc1ccccc1)C2. The first-order valence-electron chi connectivity index (χ1n) is 15.1. The summed E-state index contributed by atoms with van der Waals surface area (Å²) in [6.07, 6.45) is 2.50. The van der Waals surface area contributed by atoms with E-state index in [1.807, 2.05) is 13.0 Å². The third-order valence-electron chi connectivity index (χ3n) is 8.29. The number of rotatable bonds is 10. The predicted molar refractivity (Wildman–Crippen MR) is 166 cm³/mol. The molecule has 42 heavy (non-hydrogen) atoms. The monoisotopic (exact) mass is 561 g/mol. The van der Waals surface area contributed by atoms with Gasteiger partial charge in [-0.2, -0.15) is 0 Å². The third kappa shape index (κ3) is 6.25. The number of esters is 1. The van der Waals surface area contributed by atoms with E-state index < -0.39 is 0 Å². The maximum Gasteiger partial charge on any atom is 0.340 e. The second-order valence-corrected chi connectivity index (χ2v) is 11.1. The van der Waals surface area contributed by atoms with Crippen molar-refractivity contribution in [2.75, 3.05) is 37.8 Å². The van der Waals surface area contributed by atoms with Crippen molar-refractivity contribution in [1.82, 2.24) is 9.88 Å². The van der Waals surface area contributed by atoms with Gasteiger partial charge < -0.3 is 14.4 Å². The largest absolute Gasteiger partial charge is 0.462 e. The first kappa shape index (κ1) is 28.1. The summed E-state index contributed by atoms with van der Waals surface area (Å²) in [6.45, 7) is 6.36. The number of nitrogens with zero attached hydrogens (tertiary/aromatic N) is 3. The van der Waals surface area contributed by atoms with Gasteiger partial charge in [-0.3, -0.25) is 9.88 Å². The first-order valence-corrected chi connectivity index (χ1v) is 15.1. The van der Waals surface area contributed by atoms with Crippen molar-refractivity contribution in [3.05, 3.63) is 130 Å². The van der Waals surface area contributed by atoms with Gasteiger partial charge in [-0.25, -0.2) is 4.79 Å². The molecule has 0 spiro atoms. The molecule has 0 amide bonds. The van der Waals surface area contributed by atoms with Crippen molar-refractivity contribution >= 4 is 11.7 Å². The lowest BCUT2D eigenvalue weighted by molar-refractivity contribution is 0.0524. The van der Waals surface area contributed by atoms with E-state index in [2.05, 4.69) is 94.7 Å². The zero-order valence-electron chi connectivity index (χ0n) is 24.4. The maximum atomic E-state index is 13.9. The minimum atomic E-state index is -0.254. The summed E-state index contributed by atoms with van der Waals surface area (Å²) < 4.78 is 11.5. The lowest BCUT2D eigenvalue weighted by atomic mass is 9.95. The van der Waals surface area contributed by atoms with E-state index in [-0.39, 0.29) is 12.0 Å². The Balaban J connectivity index is 1.48. The van der Waals surface area contributed by atoms with Gasteiger partial charge >= 0.3 is 5.97 Å². The molecule has 2 aliphatic heterocycles. The number of fused-ring (bicyclic) bond motifs is 1. The highest BCUT2D eigenvalue weighted by Crippen LogP contribution is 2.43. The van der Waals surface area contributed by atoms with Crippen LogP contribution in [0.1, 0.15) is 63.4 Å². The number of hydrogen-bond donors (Lipinski definition) is 0. The highest BCUT2D eigenvalue weighted by Gasteiger charge is 2.39. The Morgan fingerprint density at radius 2 is 1.50 bits per heavy atom. The number of benzene rings is 3. The fourth-order valence-corrected chi connectivity index (χ4v) is 6.32. The Bertz CT molecular complexity index is 1470. The smallest absolute Gasteiger partial charge is 0.340 e. The molecule has 1 aromatic heterocycles. The highest BCUT2D eigenvalue weighted by molar-refractivity contribution is 5.99. The number of aromatic nitrogens is 1. The van der Waals surface area contributed by atoms with E-state index in [1.165, 1.54) is 16.7 Å². The van der Waals surface area contributed by atoms with Crippen LogP contribution >= 0.6 is 0 Å². The van der Waals surface area contributed by atoms with E-state index in [9.17, 15) is 4.79 Å². The molecule has 6 nitrogen and oxygen atoms in total. The number of morpholine rings is 1. The minimum Gasteiger partial charge on any atom is -0.462 e. The van der Waals surface area contributed by atoms with Gasteiger partial charge in [-0.15, -0.1) is 0 Å². The Kier molecular flexibility index (Phi) is 8.92. The van der Waals surface area contributed by atoms with Crippen LogP contribution < -0.4 is 4.90 Å². The fourth-order valence-electron chi connectivity index (χ4n) is 6.32. The van der Waals surface area contributed by atoms with Crippen molar-refractivity contribution in [3.8, 4) is 0 Å². The molecule has 2 aliphatic rings. The molecule has 1 unspecified atom stereocenters. The number of carbonyl (C=O) groups is 1. The molecular weight excluding hydrogens is 522 g/mol. The zero-order valence-corrected chi connectivity index (χ0v) is 24.4. The molecule has 1 atom stereocenters. The Morgan fingerprint density at radius 3 is 2.14 bits per heavy atom. The Labute approximate surface area is 248 Å². The van der Waals surface area contributed by atoms with Gasteiger partial charge in [-0.1, -0.05) is 91.0 Å². The summed E-state index contributed by atoms with van der Waals surface area (Å²) in [5.41, 5.74) is 8.33. The molecule has 0 radical (unpaired) electrons. The number of ether oxygens (including phenoxy) is 2. The average Bonchev–Trinajstić information content (AvgIpc) is 3.37. The van der Waals surface area contributed by atoms with Crippen LogP contribution in [-0.4, -0.2) is 48.8 Å². The van der Waals surface area contributed by atoms with E-state index in [4.69, 9.17) is 14.5 Å². The third-order valence-corrected chi connectivity index (χ3v) is 8.29. The molecule has 4 aromatic rings. The summed E-state index contributed by atoms with van der Waals surface area (Å²) in [5.74, 6) is -0.254. The molecule has 3 heterocycles. The van der Waals surface area contributed by atoms with Crippen molar-refractivity contribution in [1.29, 1.82) is 0 Å².